The van der Waals surface area contributed by atoms with Crippen molar-refractivity contribution in [2.45, 2.75) is 17.9 Å². The molecule has 23 heavy (non-hydrogen) atoms. The number of hydrogen-bond donors (Lipinski definition) is 2. The van der Waals surface area contributed by atoms with Crippen LogP contribution in [-0.4, -0.2) is 27.4 Å². The summed E-state index contributed by atoms with van der Waals surface area (Å²) in [6.45, 7) is 1.57. The summed E-state index contributed by atoms with van der Waals surface area (Å²) in [5.41, 5.74) is 1.65. The van der Waals surface area contributed by atoms with E-state index in [-0.39, 0.29) is 10.8 Å². The number of para-hydroxylation sites is 2. The van der Waals surface area contributed by atoms with Gasteiger partial charge in [-0.25, -0.2) is 8.42 Å². The average molecular weight is 331 g/mol. The monoisotopic (exact) mass is 331 g/mol. The first-order valence-corrected chi connectivity index (χ1v) is 8.61. The molecule has 0 aromatic heterocycles. The quantitative estimate of drug-likeness (QED) is 0.904. The number of nitrogens with zero attached hydrogens (tertiary/aromatic N) is 1. The first-order chi connectivity index (χ1) is 10.9. The summed E-state index contributed by atoms with van der Waals surface area (Å²) in [6.07, 6.45) is 0. The molecular weight excluding hydrogens is 314 g/mol. The van der Waals surface area contributed by atoms with Gasteiger partial charge in [0.25, 0.3) is 10.0 Å². The van der Waals surface area contributed by atoms with Gasteiger partial charge in [-0.15, -0.1) is 0 Å². The smallest absolute Gasteiger partial charge is 0.265 e. The molecule has 0 bridgehead atoms. The van der Waals surface area contributed by atoms with Crippen LogP contribution in [0.4, 0.5) is 17.1 Å². The van der Waals surface area contributed by atoms with E-state index in [0.717, 1.165) is 0 Å². The number of carbonyl (C=O) groups excluding carboxylic acids is 1. The Labute approximate surface area is 135 Å². The van der Waals surface area contributed by atoms with Gasteiger partial charge in [0, 0.05) is 12.7 Å². The van der Waals surface area contributed by atoms with Gasteiger partial charge >= 0.3 is 0 Å². The first kappa shape index (κ1) is 15.4. The third-order valence-electron chi connectivity index (χ3n) is 3.81. The molecule has 2 aromatic carbocycles. The fourth-order valence-electron chi connectivity index (χ4n) is 2.59. The number of benzene rings is 2. The zero-order valence-electron chi connectivity index (χ0n) is 12.8. The first-order valence-electron chi connectivity index (χ1n) is 7.17. The minimum atomic E-state index is -3.86. The van der Waals surface area contributed by atoms with Crippen LogP contribution in [0.1, 0.15) is 6.92 Å². The SMILES string of the molecule is CNc1cccc(S(=O)(=O)N2c3ccccc3NC(=O)C2C)c1. The highest BCUT2D eigenvalue weighted by Gasteiger charge is 2.38. The van der Waals surface area contributed by atoms with Gasteiger partial charge < -0.3 is 10.6 Å². The van der Waals surface area contributed by atoms with Gasteiger partial charge in [-0.3, -0.25) is 9.10 Å². The molecule has 120 valence electrons. The second-order valence-electron chi connectivity index (χ2n) is 5.26. The summed E-state index contributed by atoms with van der Waals surface area (Å²) in [7, 11) is -2.14. The van der Waals surface area contributed by atoms with Crippen LogP contribution in [0.2, 0.25) is 0 Å². The van der Waals surface area contributed by atoms with Gasteiger partial charge in [0.1, 0.15) is 6.04 Å². The molecular formula is C16H17N3O3S. The molecule has 3 rings (SSSR count). The van der Waals surface area contributed by atoms with Crippen molar-refractivity contribution < 1.29 is 13.2 Å². The fourth-order valence-corrected chi connectivity index (χ4v) is 4.27. The maximum atomic E-state index is 13.1. The summed E-state index contributed by atoms with van der Waals surface area (Å²) < 4.78 is 27.4. The van der Waals surface area contributed by atoms with Crippen molar-refractivity contribution >= 4 is 33.0 Å². The zero-order valence-corrected chi connectivity index (χ0v) is 13.6. The van der Waals surface area contributed by atoms with Crippen LogP contribution in [0.25, 0.3) is 0 Å². The van der Waals surface area contributed by atoms with Crippen molar-refractivity contribution in [1.82, 2.24) is 0 Å². The van der Waals surface area contributed by atoms with Crippen molar-refractivity contribution in [3.05, 3.63) is 48.5 Å². The number of rotatable bonds is 3. The Morgan fingerprint density at radius 1 is 1.13 bits per heavy atom. The predicted octanol–water partition coefficient (Wildman–Crippen LogP) is 2.26. The summed E-state index contributed by atoms with van der Waals surface area (Å²) in [5, 5.41) is 5.65. The van der Waals surface area contributed by atoms with E-state index in [1.807, 2.05) is 0 Å². The van der Waals surface area contributed by atoms with E-state index in [1.165, 1.54) is 10.4 Å². The van der Waals surface area contributed by atoms with Gasteiger partial charge in [-0.05, 0) is 37.3 Å². The molecule has 0 fully saturated rings. The normalized spacial score (nSPS) is 17.4. The maximum absolute atomic E-state index is 13.1. The van der Waals surface area contributed by atoms with E-state index in [4.69, 9.17) is 0 Å². The molecule has 1 aliphatic rings. The average Bonchev–Trinajstić information content (AvgIpc) is 2.55. The van der Waals surface area contributed by atoms with Gasteiger partial charge in [0.05, 0.1) is 16.3 Å². The van der Waals surface area contributed by atoms with E-state index in [1.54, 1.807) is 56.4 Å². The van der Waals surface area contributed by atoms with Crippen molar-refractivity contribution in [3.63, 3.8) is 0 Å². The number of anilines is 3. The molecule has 0 saturated carbocycles. The lowest BCUT2D eigenvalue weighted by atomic mass is 10.1. The summed E-state index contributed by atoms with van der Waals surface area (Å²) >= 11 is 0. The molecule has 1 aliphatic heterocycles. The number of carbonyl (C=O) groups is 1. The van der Waals surface area contributed by atoms with Gasteiger partial charge in [-0.1, -0.05) is 18.2 Å². The Morgan fingerprint density at radius 3 is 2.61 bits per heavy atom. The molecule has 0 radical (unpaired) electrons. The number of sulfonamides is 1. The molecule has 7 heteroatoms. The van der Waals surface area contributed by atoms with Crippen LogP contribution in [0.3, 0.4) is 0 Å². The van der Waals surface area contributed by atoms with Crippen LogP contribution in [0, 0.1) is 0 Å². The van der Waals surface area contributed by atoms with Crippen LogP contribution >= 0.6 is 0 Å². The van der Waals surface area contributed by atoms with Crippen molar-refractivity contribution in [1.29, 1.82) is 0 Å². The molecule has 2 N–H and O–H groups in total. The zero-order chi connectivity index (χ0) is 16.6. The summed E-state index contributed by atoms with van der Waals surface area (Å²) in [5.74, 6) is -0.350. The molecule has 0 saturated heterocycles. The minimum Gasteiger partial charge on any atom is -0.388 e. The van der Waals surface area contributed by atoms with Crippen LogP contribution < -0.4 is 14.9 Å². The lowest BCUT2D eigenvalue weighted by Gasteiger charge is -2.35. The number of hydrogen-bond acceptors (Lipinski definition) is 4. The second kappa shape index (κ2) is 5.58. The number of amides is 1. The van der Waals surface area contributed by atoms with Crippen LogP contribution in [0.15, 0.2) is 53.4 Å². The van der Waals surface area contributed by atoms with E-state index in [9.17, 15) is 13.2 Å². The molecule has 0 spiro atoms. The lowest BCUT2D eigenvalue weighted by molar-refractivity contribution is -0.117. The molecule has 1 heterocycles. The Kier molecular flexibility index (Phi) is 3.73. The minimum absolute atomic E-state index is 0.140. The van der Waals surface area contributed by atoms with Gasteiger partial charge in [0.2, 0.25) is 5.91 Å². The van der Waals surface area contributed by atoms with Crippen molar-refractivity contribution in [2.75, 3.05) is 22.0 Å². The number of nitrogens with one attached hydrogen (secondary N) is 2. The highest BCUT2D eigenvalue weighted by Crippen LogP contribution is 2.36. The Hall–Kier alpha value is -2.54. The summed E-state index contributed by atoms with van der Waals surface area (Å²) in [6, 6.07) is 12.6. The largest absolute Gasteiger partial charge is 0.388 e. The molecule has 1 amide bonds. The standard InChI is InChI=1S/C16H17N3O3S/c1-11-16(20)18-14-8-3-4-9-15(14)19(11)23(21,22)13-7-5-6-12(10-13)17-2/h3-11,17H,1-2H3,(H,18,20). The molecule has 6 nitrogen and oxygen atoms in total. The Balaban J connectivity index is 2.17. The highest BCUT2D eigenvalue weighted by atomic mass is 32.2. The van der Waals surface area contributed by atoms with E-state index < -0.39 is 16.1 Å². The third kappa shape index (κ3) is 2.53. The van der Waals surface area contributed by atoms with E-state index >= 15 is 0 Å². The van der Waals surface area contributed by atoms with E-state index in [0.29, 0.717) is 17.1 Å². The third-order valence-corrected chi connectivity index (χ3v) is 5.69. The number of fused-ring (bicyclic) bond motifs is 1. The molecule has 0 aliphatic carbocycles. The topological polar surface area (TPSA) is 78.5 Å². The fraction of sp³-hybridized carbons (Fsp3) is 0.188. The maximum Gasteiger partial charge on any atom is 0.265 e. The van der Waals surface area contributed by atoms with Gasteiger partial charge in [0.15, 0.2) is 0 Å². The van der Waals surface area contributed by atoms with Crippen molar-refractivity contribution in [2.24, 2.45) is 0 Å². The van der Waals surface area contributed by atoms with Crippen LogP contribution in [0.5, 0.6) is 0 Å². The molecule has 1 atom stereocenters. The predicted molar refractivity (Wildman–Crippen MR) is 90.2 cm³/mol. The second-order valence-corrected chi connectivity index (χ2v) is 7.08. The molecule has 2 aromatic rings. The van der Waals surface area contributed by atoms with Crippen LogP contribution in [-0.2, 0) is 14.8 Å². The Morgan fingerprint density at radius 2 is 1.87 bits per heavy atom. The summed E-state index contributed by atoms with van der Waals surface area (Å²) in [4.78, 5) is 12.3. The van der Waals surface area contributed by atoms with Crippen molar-refractivity contribution in [3.8, 4) is 0 Å². The molecule has 1 unspecified atom stereocenters. The Bertz CT molecular complexity index is 864. The van der Waals surface area contributed by atoms with Gasteiger partial charge in [-0.2, -0.15) is 0 Å². The lowest BCUT2D eigenvalue weighted by Crippen LogP contribution is -2.49. The van der Waals surface area contributed by atoms with E-state index in [2.05, 4.69) is 10.6 Å². The highest BCUT2D eigenvalue weighted by molar-refractivity contribution is 7.93.